The van der Waals surface area contributed by atoms with Gasteiger partial charge in [-0.05, 0) is 38.0 Å². The average Bonchev–Trinajstić information content (AvgIpc) is 3.14. The summed E-state index contributed by atoms with van der Waals surface area (Å²) in [6.07, 6.45) is 1.82. The van der Waals surface area contributed by atoms with E-state index in [1.165, 1.54) is 17.3 Å². The summed E-state index contributed by atoms with van der Waals surface area (Å²) < 4.78 is 2.20. The van der Waals surface area contributed by atoms with Gasteiger partial charge in [0, 0.05) is 51.4 Å². The van der Waals surface area contributed by atoms with Crippen LogP contribution in [0.25, 0.3) is 6.08 Å². The number of piperazine rings is 1. The maximum Gasteiger partial charge on any atom is 0.270 e. The molecule has 0 aliphatic carbocycles. The van der Waals surface area contributed by atoms with Gasteiger partial charge in [0.1, 0.15) is 21.8 Å². The number of thioether (sulfide) groups is 1. The SMILES string of the molecule is CCN1C(=O)/C(=C\c2c(C)c(C#N)c(=O)n(CC)c2N2CCN(Cc3ccccc3)CC2)SC1=S. The van der Waals surface area contributed by atoms with Crippen LogP contribution >= 0.6 is 24.0 Å². The molecule has 2 saturated heterocycles. The number of amides is 1. The quantitative estimate of drug-likeness (QED) is 0.437. The van der Waals surface area contributed by atoms with E-state index < -0.39 is 0 Å². The lowest BCUT2D eigenvalue weighted by Crippen LogP contribution is -2.48. The number of rotatable bonds is 6. The van der Waals surface area contributed by atoms with E-state index in [0.717, 1.165) is 44.1 Å². The van der Waals surface area contributed by atoms with Gasteiger partial charge in [0.15, 0.2) is 0 Å². The largest absolute Gasteiger partial charge is 0.355 e. The predicted octanol–water partition coefficient (Wildman–Crippen LogP) is 3.59. The van der Waals surface area contributed by atoms with Crippen LogP contribution in [0, 0.1) is 18.3 Å². The molecule has 182 valence electrons. The van der Waals surface area contributed by atoms with Crippen LogP contribution in [0.5, 0.6) is 0 Å². The van der Waals surface area contributed by atoms with E-state index in [4.69, 9.17) is 12.2 Å². The lowest BCUT2D eigenvalue weighted by Gasteiger charge is -2.38. The zero-order valence-electron chi connectivity index (χ0n) is 20.3. The van der Waals surface area contributed by atoms with Crippen molar-refractivity contribution in [2.45, 2.75) is 33.9 Å². The van der Waals surface area contributed by atoms with E-state index >= 15 is 0 Å². The topological polar surface area (TPSA) is 72.6 Å². The number of hydrogen-bond donors (Lipinski definition) is 0. The Hall–Kier alpha value is -2.93. The van der Waals surface area contributed by atoms with Crippen LogP contribution in [-0.4, -0.2) is 57.3 Å². The van der Waals surface area contributed by atoms with Crippen LogP contribution in [0.15, 0.2) is 40.0 Å². The van der Waals surface area contributed by atoms with Crippen LogP contribution in [0.1, 0.15) is 36.1 Å². The van der Waals surface area contributed by atoms with Crippen molar-refractivity contribution < 1.29 is 4.79 Å². The number of nitriles is 1. The minimum absolute atomic E-state index is 0.121. The van der Waals surface area contributed by atoms with Gasteiger partial charge >= 0.3 is 0 Å². The Bertz CT molecular complexity index is 1270. The number of carbonyl (C=O) groups is 1. The summed E-state index contributed by atoms with van der Waals surface area (Å²) in [4.78, 5) is 32.9. The van der Waals surface area contributed by atoms with Crippen molar-refractivity contribution in [3.63, 3.8) is 0 Å². The van der Waals surface area contributed by atoms with E-state index in [2.05, 4.69) is 40.1 Å². The molecule has 2 aliphatic rings. The Balaban J connectivity index is 1.72. The molecular weight excluding hydrogens is 478 g/mol. The molecule has 0 atom stereocenters. The highest BCUT2D eigenvalue weighted by Gasteiger charge is 2.32. The Morgan fingerprint density at radius 1 is 1.09 bits per heavy atom. The fraction of sp³-hybridized carbons (Fsp3) is 0.385. The first-order valence-electron chi connectivity index (χ1n) is 11.8. The van der Waals surface area contributed by atoms with Gasteiger partial charge in [0.25, 0.3) is 11.5 Å². The molecule has 0 bridgehead atoms. The van der Waals surface area contributed by atoms with E-state index in [0.29, 0.717) is 27.9 Å². The lowest BCUT2D eigenvalue weighted by molar-refractivity contribution is -0.121. The molecule has 35 heavy (non-hydrogen) atoms. The number of thiocarbonyl (C=S) groups is 1. The summed E-state index contributed by atoms with van der Waals surface area (Å²) in [7, 11) is 0. The number of aromatic nitrogens is 1. The van der Waals surface area contributed by atoms with Gasteiger partial charge in [0.05, 0.1) is 4.91 Å². The predicted molar refractivity (Wildman–Crippen MR) is 145 cm³/mol. The molecule has 7 nitrogen and oxygen atoms in total. The monoisotopic (exact) mass is 507 g/mol. The third kappa shape index (κ3) is 4.92. The molecule has 4 rings (SSSR count). The Morgan fingerprint density at radius 3 is 2.34 bits per heavy atom. The molecule has 2 fully saturated rings. The molecule has 0 N–H and O–H groups in total. The molecule has 0 radical (unpaired) electrons. The van der Waals surface area contributed by atoms with Crippen molar-refractivity contribution in [3.05, 3.63) is 67.8 Å². The molecule has 1 aromatic carbocycles. The standard InChI is InChI=1S/C26H29N5O2S2/c1-4-30-23(29-13-11-28(12-14-29)17-19-9-7-6-8-10-19)20(18(3)21(16-27)24(30)32)15-22-25(33)31(5-2)26(34)35-22/h6-10,15H,4-5,11-14,17H2,1-3H3/b22-15+. The van der Waals surface area contributed by atoms with Crippen molar-refractivity contribution in [3.8, 4) is 6.07 Å². The molecule has 0 saturated carbocycles. The zero-order valence-corrected chi connectivity index (χ0v) is 21.9. The summed E-state index contributed by atoms with van der Waals surface area (Å²) >= 11 is 6.66. The van der Waals surface area contributed by atoms with Crippen LogP contribution < -0.4 is 10.5 Å². The molecule has 0 spiro atoms. The van der Waals surface area contributed by atoms with Gasteiger partial charge in [-0.15, -0.1) is 0 Å². The number of anilines is 1. The van der Waals surface area contributed by atoms with Gasteiger partial charge in [0.2, 0.25) is 0 Å². The second-order valence-electron chi connectivity index (χ2n) is 8.57. The number of carbonyl (C=O) groups excluding carboxylic acids is 1. The highest BCUT2D eigenvalue weighted by atomic mass is 32.2. The lowest BCUT2D eigenvalue weighted by atomic mass is 10.0. The minimum Gasteiger partial charge on any atom is -0.355 e. The van der Waals surface area contributed by atoms with Crippen molar-refractivity contribution in [1.29, 1.82) is 5.26 Å². The van der Waals surface area contributed by atoms with E-state index in [1.807, 2.05) is 26.0 Å². The first-order chi connectivity index (χ1) is 16.9. The smallest absolute Gasteiger partial charge is 0.270 e. The maximum atomic E-state index is 13.2. The normalized spacial score (nSPS) is 17.9. The first kappa shape index (κ1) is 25.2. The summed E-state index contributed by atoms with van der Waals surface area (Å²) in [6, 6.07) is 12.5. The number of nitrogens with zero attached hydrogens (tertiary/aromatic N) is 5. The van der Waals surface area contributed by atoms with E-state index in [1.54, 1.807) is 16.4 Å². The molecule has 1 amide bonds. The number of hydrogen-bond acceptors (Lipinski definition) is 7. The fourth-order valence-electron chi connectivity index (χ4n) is 4.64. The number of likely N-dealkylation sites (N-methyl/N-ethyl adjacent to an activating group) is 1. The van der Waals surface area contributed by atoms with Crippen molar-refractivity contribution in [2.24, 2.45) is 0 Å². The summed E-state index contributed by atoms with van der Waals surface area (Å²) in [5, 5.41) is 9.75. The van der Waals surface area contributed by atoms with Gasteiger partial charge < -0.3 is 4.90 Å². The number of pyridine rings is 1. The van der Waals surface area contributed by atoms with Gasteiger partial charge in [-0.3, -0.25) is 24.0 Å². The fourth-order valence-corrected chi connectivity index (χ4v) is 6.01. The summed E-state index contributed by atoms with van der Waals surface area (Å²) in [5.41, 5.74) is 2.46. The van der Waals surface area contributed by atoms with Gasteiger partial charge in [-0.2, -0.15) is 5.26 Å². The average molecular weight is 508 g/mol. The van der Waals surface area contributed by atoms with Crippen molar-refractivity contribution in [2.75, 3.05) is 37.6 Å². The molecule has 3 heterocycles. The third-order valence-electron chi connectivity index (χ3n) is 6.55. The molecule has 2 aromatic rings. The van der Waals surface area contributed by atoms with Crippen molar-refractivity contribution >= 4 is 46.1 Å². The van der Waals surface area contributed by atoms with Gasteiger partial charge in [-0.25, -0.2) is 0 Å². The number of benzene rings is 1. The molecule has 2 aliphatic heterocycles. The van der Waals surface area contributed by atoms with Gasteiger partial charge in [-0.1, -0.05) is 54.3 Å². The Kier molecular flexibility index (Phi) is 7.75. The summed E-state index contributed by atoms with van der Waals surface area (Å²) in [5.74, 6) is 0.642. The minimum atomic E-state index is -0.285. The van der Waals surface area contributed by atoms with Crippen LogP contribution in [-0.2, 0) is 17.9 Å². The molecule has 0 unspecified atom stereocenters. The summed E-state index contributed by atoms with van der Waals surface area (Å²) in [6.45, 7) is 10.6. The second kappa shape index (κ2) is 10.8. The zero-order chi connectivity index (χ0) is 25.1. The maximum absolute atomic E-state index is 13.2. The second-order valence-corrected chi connectivity index (χ2v) is 10.2. The van der Waals surface area contributed by atoms with E-state index in [9.17, 15) is 14.9 Å². The molecule has 1 aromatic heterocycles. The Labute approximate surface area is 215 Å². The van der Waals surface area contributed by atoms with Crippen molar-refractivity contribution in [1.82, 2.24) is 14.4 Å². The van der Waals surface area contributed by atoms with Crippen LogP contribution in [0.4, 0.5) is 5.82 Å². The first-order valence-corrected chi connectivity index (χ1v) is 13.1. The van der Waals surface area contributed by atoms with Crippen LogP contribution in [0.3, 0.4) is 0 Å². The molecule has 9 heteroatoms. The highest BCUT2D eigenvalue weighted by molar-refractivity contribution is 8.26. The third-order valence-corrected chi connectivity index (χ3v) is 7.93. The van der Waals surface area contributed by atoms with E-state index in [-0.39, 0.29) is 17.0 Å². The Morgan fingerprint density at radius 2 is 1.77 bits per heavy atom. The van der Waals surface area contributed by atoms with Crippen LogP contribution in [0.2, 0.25) is 0 Å². The molecular formula is C26H29N5O2S2. The highest BCUT2D eigenvalue weighted by Crippen LogP contribution is 2.36.